The topological polar surface area (TPSA) is 127 Å². The maximum Gasteiger partial charge on any atom is 0.334 e. The summed E-state index contributed by atoms with van der Waals surface area (Å²) in [6.07, 6.45) is 14.7. The number of unbranched alkanes of at least 4 members (excludes halogenated alkanes) is 12. The van der Waals surface area contributed by atoms with E-state index >= 15 is 0 Å². The molecule has 0 aliphatic rings. The minimum atomic E-state index is -1.19. The third kappa shape index (κ3) is 26.8. The van der Waals surface area contributed by atoms with Crippen LogP contribution in [0.2, 0.25) is 0 Å². The van der Waals surface area contributed by atoms with Gasteiger partial charge in [0.25, 0.3) is 0 Å². The van der Waals surface area contributed by atoms with E-state index in [0.717, 1.165) is 12.8 Å². The first-order valence-corrected chi connectivity index (χ1v) is 11.2. The molecule has 0 saturated carbocycles. The van der Waals surface area contributed by atoms with Crippen LogP contribution in [0.15, 0.2) is 0 Å². The summed E-state index contributed by atoms with van der Waals surface area (Å²) in [7, 11) is 0. The number of aliphatic hydroxyl groups is 3. The molecule has 0 aliphatic heterocycles. The van der Waals surface area contributed by atoms with E-state index in [1.54, 1.807) is 0 Å². The standard InChI is InChI=1S/C16H32O2.C6H12O5/c1-2-3-4-5-6-7-8-9-10-11-12-13-14-15-16(17)18;1-4(8)6(10)11-3-5(9)2-7/h2-15H2,1H3,(H,17,18);4-5,7-9H,2-3H2,1H3/p-1. The minimum absolute atomic E-state index is 0.234. The molecule has 0 aromatic heterocycles. The van der Waals surface area contributed by atoms with Crippen LogP contribution in [0.1, 0.15) is 104 Å². The number of carboxylic acid groups (broad SMARTS) is 1. The second kappa shape index (κ2) is 23.1. The third-order valence-corrected chi connectivity index (χ3v) is 4.45. The molecule has 0 radical (unpaired) electrons. The van der Waals surface area contributed by atoms with Crippen LogP contribution in [-0.4, -0.2) is 52.7 Å². The molecule has 0 aromatic carbocycles. The van der Waals surface area contributed by atoms with Crippen molar-refractivity contribution in [1.82, 2.24) is 0 Å². The zero-order chi connectivity index (χ0) is 22.3. The highest BCUT2D eigenvalue weighted by Crippen LogP contribution is 2.12. The molecule has 0 amide bonds. The number of carboxylic acids is 1. The highest BCUT2D eigenvalue weighted by molar-refractivity contribution is 5.73. The molecule has 0 fully saturated rings. The van der Waals surface area contributed by atoms with Crippen molar-refractivity contribution < 1.29 is 34.8 Å². The van der Waals surface area contributed by atoms with Crippen molar-refractivity contribution >= 4 is 11.9 Å². The number of esters is 1. The molecule has 29 heavy (non-hydrogen) atoms. The van der Waals surface area contributed by atoms with Crippen LogP contribution in [-0.2, 0) is 14.3 Å². The molecule has 174 valence electrons. The van der Waals surface area contributed by atoms with Gasteiger partial charge in [0.1, 0.15) is 18.8 Å². The first kappa shape index (κ1) is 30.0. The van der Waals surface area contributed by atoms with E-state index in [1.807, 2.05) is 0 Å². The molecule has 2 unspecified atom stereocenters. The van der Waals surface area contributed by atoms with E-state index in [-0.39, 0.29) is 13.0 Å². The van der Waals surface area contributed by atoms with E-state index in [2.05, 4.69) is 11.7 Å². The van der Waals surface area contributed by atoms with Gasteiger partial charge in [0, 0.05) is 5.97 Å². The Morgan fingerprint density at radius 3 is 1.59 bits per heavy atom. The average molecular weight is 420 g/mol. The largest absolute Gasteiger partial charge is 0.550 e. The van der Waals surface area contributed by atoms with Crippen LogP contribution in [0.4, 0.5) is 0 Å². The van der Waals surface area contributed by atoms with Gasteiger partial charge in [-0.05, 0) is 19.8 Å². The summed E-state index contributed by atoms with van der Waals surface area (Å²) in [4.78, 5) is 20.7. The Hall–Kier alpha value is -1.18. The van der Waals surface area contributed by atoms with Crippen molar-refractivity contribution in [2.75, 3.05) is 13.2 Å². The van der Waals surface area contributed by atoms with E-state index < -0.39 is 30.8 Å². The third-order valence-electron chi connectivity index (χ3n) is 4.45. The number of aliphatic hydroxyl groups excluding tert-OH is 3. The Labute approximate surface area is 176 Å². The molecule has 0 spiro atoms. The Morgan fingerprint density at radius 1 is 0.828 bits per heavy atom. The van der Waals surface area contributed by atoms with Gasteiger partial charge in [-0.3, -0.25) is 0 Å². The summed E-state index contributed by atoms with van der Waals surface area (Å²) >= 11 is 0. The monoisotopic (exact) mass is 419 g/mol. The lowest BCUT2D eigenvalue weighted by atomic mass is 10.0. The number of hydrogen-bond acceptors (Lipinski definition) is 7. The molecule has 0 heterocycles. The zero-order valence-corrected chi connectivity index (χ0v) is 18.4. The fourth-order valence-electron chi connectivity index (χ4n) is 2.64. The minimum Gasteiger partial charge on any atom is -0.550 e. The van der Waals surface area contributed by atoms with Gasteiger partial charge in [0.05, 0.1) is 6.61 Å². The van der Waals surface area contributed by atoms with Crippen molar-refractivity contribution in [1.29, 1.82) is 0 Å². The number of ether oxygens (including phenoxy) is 1. The van der Waals surface area contributed by atoms with Crippen LogP contribution in [0, 0.1) is 0 Å². The normalized spacial score (nSPS) is 12.6. The molecular weight excluding hydrogens is 376 g/mol. The lowest BCUT2D eigenvalue weighted by Gasteiger charge is -2.09. The summed E-state index contributed by atoms with van der Waals surface area (Å²) in [5.41, 5.74) is 0. The van der Waals surface area contributed by atoms with Crippen molar-refractivity contribution in [3.05, 3.63) is 0 Å². The van der Waals surface area contributed by atoms with Crippen molar-refractivity contribution in [2.45, 2.75) is 116 Å². The van der Waals surface area contributed by atoms with Gasteiger partial charge < -0.3 is 30.0 Å². The molecule has 2 atom stereocenters. The van der Waals surface area contributed by atoms with E-state index in [0.29, 0.717) is 0 Å². The van der Waals surface area contributed by atoms with Crippen LogP contribution in [0.5, 0.6) is 0 Å². The fraction of sp³-hybridized carbons (Fsp3) is 0.909. The molecule has 7 nitrogen and oxygen atoms in total. The van der Waals surface area contributed by atoms with Crippen LogP contribution < -0.4 is 5.11 Å². The van der Waals surface area contributed by atoms with Gasteiger partial charge in [0.2, 0.25) is 0 Å². The molecule has 0 saturated heterocycles. The van der Waals surface area contributed by atoms with Gasteiger partial charge >= 0.3 is 5.97 Å². The summed E-state index contributed by atoms with van der Waals surface area (Å²) in [5, 5.41) is 35.7. The lowest BCUT2D eigenvalue weighted by molar-refractivity contribution is -0.305. The summed E-state index contributed by atoms with van der Waals surface area (Å²) in [6, 6.07) is 0. The van der Waals surface area contributed by atoms with Crippen molar-refractivity contribution in [3.8, 4) is 0 Å². The first-order chi connectivity index (χ1) is 13.8. The predicted molar refractivity (Wildman–Crippen MR) is 111 cm³/mol. The average Bonchev–Trinajstić information content (AvgIpc) is 2.69. The van der Waals surface area contributed by atoms with Crippen LogP contribution >= 0.6 is 0 Å². The second-order valence-electron chi connectivity index (χ2n) is 7.51. The van der Waals surface area contributed by atoms with E-state index in [4.69, 9.17) is 15.3 Å². The summed E-state index contributed by atoms with van der Waals surface area (Å²) in [6.45, 7) is 2.76. The highest BCUT2D eigenvalue weighted by Gasteiger charge is 2.12. The molecule has 0 rings (SSSR count). The van der Waals surface area contributed by atoms with Gasteiger partial charge in [0.15, 0.2) is 0 Å². The highest BCUT2D eigenvalue weighted by atomic mass is 16.6. The van der Waals surface area contributed by atoms with Gasteiger partial charge in [-0.1, -0.05) is 84.0 Å². The number of carbonyl (C=O) groups excluding carboxylic acids is 2. The summed E-state index contributed by atoms with van der Waals surface area (Å²) in [5.74, 6) is -1.71. The van der Waals surface area contributed by atoms with Crippen molar-refractivity contribution in [2.24, 2.45) is 0 Å². The Morgan fingerprint density at radius 2 is 1.24 bits per heavy atom. The van der Waals surface area contributed by atoms with E-state index in [9.17, 15) is 14.7 Å². The second-order valence-corrected chi connectivity index (χ2v) is 7.51. The summed E-state index contributed by atoms with van der Waals surface area (Å²) < 4.78 is 4.36. The molecule has 0 bridgehead atoms. The molecule has 0 aromatic rings. The Kier molecular flexibility index (Phi) is 23.9. The SMILES string of the molecule is CC(O)C(=O)OCC(O)CO.CCCCCCCCCCCCCCCC(=O)[O-]. The Balaban J connectivity index is 0. The van der Waals surface area contributed by atoms with Gasteiger partial charge in [-0.2, -0.15) is 0 Å². The number of aliphatic carboxylic acids is 1. The smallest absolute Gasteiger partial charge is 0.334 e. The zero-order valence-electron chi connectivity index (χ0n) is 18.4. The number of hydrogen-bond donors (Lipinski definition) is 3. The quantitative estimate of drug-likeness (QED) is 0.230. The van der Waals surface area contributed by atoms with Gasteiger partial charge in [-0.15, -0.1) is 0 Å². The van der Waals surface area contributed by atoms with Gasteiger partial charge in [-0.25, -0.2) is 4.79 Å². The maximum absolute atomic E-state index is 10.5. The predicted octanol–water partition coefficient (Wildman–Crippen LogP) is 2.48. The Bertz CT molecular complexity index is 372. The molecule has 0 aliphatic carbocycles. The number of carbonyl (C=O) groups is 2. The van der Waals surface area contributed by atoms with Crippen LogP contribution in [0.25, 0.3) is 0 Å². The number of rotatable bonds is 18. The molecule has 3 N–H and O–H groups in total. The van der Waals surface area contributed by atoms with E-state index in [1.165, 1.54) is 77.6 Å². The maximum atomic E-state index is 10.5. The van der Waals surface area contributed by atoms with Crippen molar-refractivity contribution in [3.63, 3.8) is 0 Å². The van der Waals surface area contributed by atoms with Crippen LogP contribution in [0.3, 0.4) is 0 Å². The fourth-order valence-corrected chi connectivity index (χ4v) is 2.64. The molecular formula is C22H43O7-. The first-order valence-electron chi connectivity index (χ1n) is 11.2. The lowest BCUT2D eigenvalue weighted by Crippen LogP contribution is -2.26. The molecule has 7 heteroatoms.